The molecule has 0 aromatic heterocycles. The Labute approximate surface area is 131 Å². The molecule has 5 heteroatoms. The Morgan fingerprint density at radius 2 is 2.09 bits per heavy atom. The fourth-order valence-electron chi connectivity index (χ4n) is 1.89. The molecule has 1 rings (SSSR count). The van der Waals surface area contributed by atoms with Crippen molar-refractivity contribution in [3.63, 3.8) is 0 Å². The molecule has 0 saturated heterocycles. The number of esters is 1. The first-order valence-electron chi connectivity index (χ1n) is 7.39. The lowest BCUT2D eigenvalue weighted by Crippen LogP contribution is -2.15. The van der Waals surface area contributed by atoms with Crippen LogP contribution in [0.1, 0.15) is 38.2 Å². The van der Waals surface area contributed by atoms with Gasteiger partial charge in [0, 0.05) is 18.1 Å². The topological polar surface area (TPSA) is 65.0 Å². The summed E-state index contributed by atoms with van der Waals surface area (Å²) in [4.78, 5) is 11.2. The van der Waals surface area contributed by atoms with Gasteiger partial charge in [0.05, 0.1) is 14.2 Å². The van der Waals surface area contributed by atoms with Crippen LogP contribution in [0.4, 0.5) is 0 Å². The maximum atomic E-state index is 11.2. The van der Waals surface area contributed by atoms with Crippen LogP contribution < -0.4 is 9.47 Å². The molecule has 0 amide bonds. The lowest BCUT2D eigenvalue weighted by atomic mass is 10.1. The Morgan fingerprint density at radius 1 is 1.32 bits per heavy atom. The zero-order chi connectivity index (χ0) is 16.4. The summed E-state index contributed by atoms with van der Waals surface area (Å²) in [5.41, 5.74) is 0.638. The van der Waals surface area contributed by atoms with E-state index in [0.717, 1.165) is 19.3 Å². The van der Waals surface area contributed by atoms with Gasteiger partial charge in [-0.05, 0) is 30.7 Å². The first kappa shape index (κ1) is 18.0. The summed E-state index contributed by atoms with van der Waals surface area (Å²) in [5.74, 6) is 0.666. The first-order chi connectivity index (χ1) is 10.6. The van der Waals surface area contributed by atoms with Gasteiger partial charge in [0.1, 0.15) is 11.5 Å². The second-order valence-corrected chi connectivity index (χ2v) is 4.83. The summed E-state index contributed by atoms with van der Waals surface area (Å²) in [5, 5.41) is 9.93. The fraction of sp³-hybridized carbons (Fsp3) is 0.471. The molecule has 1 atom stereocenters. The zero-order valence-electron chi connectivity index (χ0n) is 13.4. The van der Waals surface area contributed by atoms with E-state index in [4.69, 9.17) is 9.47 Å². The van der Waals surface area contributed by atoms with Crippen molar-refractivity contribution in [2.24, 2.45) is 0 Å². The molecule has 0 heterocycles. The summed E-state index contributed by atoms with van der Waals surface area (Å²) >= 11 is 0. The maximum Gasteiger partial charge on any atom is 0.330 e. The van der Waals surface area contributed by atoms with E-state index >= 15 is 0 Å². The van der Waals surface area contributed by atoms with E-state index in [9.17, 15) is 9.90 Å². The van der Waals surface area contributed by atoms with Crippen molar-refractivity contribution in [1.29, 1.82) is 0 Å². The number of ether oxygens (including phenoxy) is 3. The van der Waals surface area contributed by atoms with Gasteiger partial charge in [0.2, 0.25) is 0 Å². The van der Waals surface area contributed by atoms with Gasteiger partial charge in [-0.25, -0.2) is 4.79 Å². The van der Waals surface area contributed by atoms with Crippen molar-refractivity contribution in [3.05, 3.63) is 29.8 Å². The molecule has 0 bridgehead atoms. The second-order valence-electron chi connectivity index (χ2n) is 4.83. The Kier molecular flexibility index (Phi) is 8.07. The van der Waals surface area contributed by atoms with Crippen molar-refractivity contribution in [3.8, 4) is 11.5 Å². The Hall–Kier alpha value is -2.01. The molecule has 22 heavy (non-hydrogen) atoms. The van der Waals surface area contributed by atoms with Crippen LogP contribution in [0.3, 0.4) is 0 Å². The number of unbranched alkanes of at least 4 members (excludes halogenated alkanes) is 2. The van der Waals surface area contributed by atoms with Crippen LogP contribution >= 0.6 is 0 Å². The van der Waals surface area contributed by atoms with Gasteiger partial charge < -0.3 is 19.3 Å². The molecule has 0 spiro atoms. The van der Waals surface area contributed by atoms with Gasteiger partial charge in [-0.1, -0.05) is 19.8 Å². The third kappa shape index (κ3) is 6.18. The SMILES string of the molecule is CCCCCC(O)Oc1ccc(OC)cc1/C=C/C(=O)OC. The summed E-state index contributed by atoms with van der Waals surface area (Å²) in [7, 11) is 2.87. The van der Waals surface area contributed by atoms with Crippen LogP contribution in [0.15, 0.2) is 24.3 Å². The van der Waals surface area contributed by atoms with E-state index < -0.39 is 12.3 Å². The Balaban J connectivity index is 2.83. The number of carbonyl (C=O) groups excluding carboxylic acids is 1. The summed E-state index contributed by atoms with van der Waals surface area (Å²) in [6.07, 6.45) is 5.61. The van der Waals surface area contributed by atoms with Gasteiger partial charge in [-0.15, -0.1) is 0 Å². The molecular formula is C17H24O5. The first-order valence-corrected chi connectivity index (χ1v) is 7.39. The van der Waals surface area contributed by atoms with Crippen molar-refractivity contribution >= 4 is 12.0 Å². The third-order valence-electron chi connectivity index (χ3n) is 3.13. The van der Waals surface area contributed by atoms with Crippen LogP contribution in [0, 0.1) is 0 Å². The quantitative estimate of drug-likeness (QED) is 0.328. The highest BCUT2D eigenvalue weighted by molar-refractivity contribution is 5.87. The molecule has 1 aromatic rings. The monoisotopic (exact) mass is 308 g/mol. The minimum absolute atomic E-state index is 0.461. The lowest BCUT2D eigenvalue weighted by Gasteiger charge is -2.16. The van der Waals surface area contributed by atoms with Gasteiger partial charge >= 0.3 is 5.97 Å². The summed E-state index contributed by atoms with van der Waals surface area (Å²) in [6.45, 7) is 2.10. The highest BCUT2D eigenvalue weighted by Gasteiger charge is 2.10. The average Bonchev–Trinajstić information content (AvgIpc) is 2.53. The maximum absolute atomic E-state index is 11.2. The number of methoxy groups -OCH3 is 2. The van der Waals surface area contributed by atoms with Crippen molar-refractivity contribution in [2.45, 2.75) is 38.9 Å². The number of hydrogen-bond acceptors (Lipinski definition) is 5. The predicted molar refractivity (Wildman–Crippen MR) is 84.8 cm³/mol. The molecule has 0 saturated carbocycles. The van der Waals surface area contributed by atoms with E-state index in [-0.39, 0.29) is 0 Å². The number of benzene rings is 1. The van der Waals surface area contributed by atoms with Crippen LogP contribution in [-0.2, 0) is 9.53 Å². The minimum atomic E-state index is -0.870. The van der Waals surface area contributed by atoms with Crippen LogP contribution in [0.2, 0.25) is 0 Å². The van der Waals surface area contributed by atoms with E-state index in [1.807, 2.05) is 0 Å². The molecule has 1 unspecified atom stereocenters. The zero-order valence-corrected chi connectivity index (χ0v) is 13.4. The number of aliphatic hydroxyl groups is 1. The van der Waals surface area contributed by atoms with E-state index in [1.165, 1.54) is 13.2 Å². The van der Waals surface area contributed by atoms with Crippen LogP contribution in [0.25, 0.3) is 6.08 Å². The molecule has 1 N–H and O–H groups in total. The molecule has 0 aliphatic heterocycles. The summed E-state index contributed by atoms with van der Waals surface area (Å²) in [6, 6.07) is 5.18. The molecule has 0 aliphatic rings. The number of hydrogen-bond donors (Lipinski definition) is 1. The molecular weight excluding hydrogens is 284 g/mol. The number of rotatable bonds is 9. The highest BCUT2D eigenvalue weighted by Crippen LogP contribution is 2.26. The predicted octanol–water partition coefficient (Wildman–Crippen LogP) is 3.16. The van der Waals surface area contributed by atoms with E-state index in [0.29, 0.717) is 23.5 Å². The van der Waals surface area contributed by atoms with E-state index in [2.05, 4.69) is 11.7 Å². The lowest BCUT2D eigenvalue weighted by molar-refractivity contribution is -0.134. The second kappa shape index (κ2) is 9.84. The smallest absolute Gasteiger partial charge is 0.330 e. The molecule has 5 nitrogen and oxygen atoms in total. The van der Waals surface area contributed by atoms with Crippen molar-refractivity contribution in [1.82, 2.24) is 0 Å². The van der Waals surface area contributed by atoms with Gasteiger partial charge in [-0.3, -0.25) is 0 Å². The average molecular weight is 308 g/mol. The van der Waals surface area contributed by atoms with Gasteiger partial charge in [0.15, 0.2) is 6.29 Å². The van der Waals surface area contributed by atoms with Gasteiger partial charge in [-0.2, -0.15) is 0 Å². The third-order valence-corrected chi connectivity index (χ3v) is 3.13. The van der Waals surface area contributed by atoms with Crippen LogP contribution in [0.5, 0.6) is 11.5 Å². The summed E-state index contributed by atoms with van der Waals surface area (Å²) < 4.78 is 15.3. The molecule has 0 fully saturated rings. The molecule has 122 valence electrons. The van der Waals surface area contributed by atoms with Crippen molar-refractivity contribution < 1.29 is 24.1 Å². The molecule has 1 aromatic carbocycles. The minimum Gasteiger partial charge on any atom is -0.497 e. The standard InChI is InChI=1S/C17H24O5/c1-4-5-6-7-17(19)22-15-10-9-14(20-2)12-13(15)8-11-16(18)21-3/h8-12,17,19H,4-7H2,1-3H3/b11-8+. The van der Waals surface area contributed by atoms with E-state index in [1.54, 1.807) is 31.4 Å². The van der Waals surface area contributed by atoms with Gasteiger partial charge in [0.25, 0.3) is 0 Å². The highest BCUT2D eigenvalue weighted by atomic mass is 16.6. The Morgan fingerprint density at radius 3 is 2.73 bits per heavy atom. The van der Waals surface area contributed by atoms with Crippen molar-refractivity contribution in [2.75, 3.05) is 14.2 Å². The molecule has 0 aliphatic carbocycles. The molecule has 0 radical (unpaired) electrons. The normalized spacial score (nSPS) is 12.2. The Bertz CT molecular complexity index is 496. The van der Waals surface area contributed by atoms with Crippen LogP contribution in [-0.4, -0.2) is 31.6 Å². The largest absolute Gasteiger partial charge is 0.497 e. The number of carbonyl (C=O) groups is 1. The number of aliphatic hydroxyl groups excluding tert-OH is 1. The fourth-order valence-corrected chi connectivity index (χ4v) is 1.89.